The molecule has 1 heterocycles. The molecule has 1 aromatic carbocycles. The van der Waals surface area contributed by atoms with Crippen molar-refractivity contribution in [1.82, 2.24) is 0 Å². The Morgan fingerprint density at radius 1 is 1.20 bits per heavy atom. The van der Waals surface area contributed by atoms with Gasteiger partial charge >= 0.3 is 0 Å². The van der Waals surface area contributed by atoms with Crippen LogP contribution in [0.25, 0.3) is 0 Å². The molecular formula is C18H26O2. The lowest BCUT2D eigenvalue weighted by Crippen LogP contribution is -2.05. The molecule has 1 aliphatic rings. The number of unbranched alkanes of at least 4 members (excludes halogenated alkanes) is 3. The van der Waals surface area contributed by atoms with Gasteiger partial charge in [-0.15, -0.1) is 0 Å². The van der Waals surface area contributed by atoms with Gasteiger partial charge in [-0.3, -0.25) is 0 Å². The Morgan fingerprint density at radius 2 is 2.05 bits per heavy atom. The third-order valence-electron chi connectivity index (χ3n) is 3.52. The molecular weight excluding hydrogens is 248 g/mol. The van der Waals surface area contributed by atoms with Crippen molar-refractivity contribution in [3.8, 4) is 5.75 Å². The lowest BCUT2D eigenvalue weighted by molar-refractivity contribution is 0.261. The maximum atomic E-state index is 5.84. The molecule has 0 N–H and O–H groups in total. The van der Waals surface area contributed by atoms with E-state index in [-0.39, 0.29) is 0 Å². The number of rotatable bonds is 10. The highest BCUT2D eigenvalue weighted by molar-refractivity contribution is 5.33. The molecule has 0 bridgehead atoms. The molecule has 2 nitrogen and oxygen atoms in total. The van der Waals surface area contributed by atoms with E-state index in [1.54, 1.807) is 0 Å². The van der Waals surface area contributed by atoms with E-state index in [1.165, 1.54) is 31.2 Å². The van der Waals surface area contributed by atoms with Gasteiger partial charge in [-0.05, 0) is 43.7 Å². The van der Waals surface area contributed by atoms with E-state index in [0.29, 0.717) is 12.7 Å². The normalized spacial score (nSPS) is 17.6. The van der Waals surface area contributed by atoms with E-state index in [1.807, 2.05) is 6.07 Å². The van der Waals surface area contributed by atoms with E-state index in [2.05, 4.69) is 37.3 Å². The molecule has 1 saturated heterocycles. The Balaban J connectivity index is 1.67. The summed E-state index contributed by atoms with van der Waals surface area (Å²) in [5.41, 5.74) is 1.33. The summed E-state index contributed by atoms with van der Waals surface area (Å²) in [6, 6.07) is 8.39. The lowest BCUT2D eigenvalue weighted by Gasteiger charge is -2.10. The Hall–Kier alpha value is -1.28. The van der Waals surface area contributed by atoms with E-state index in [4.69, 9.17) is 9.47 Å². The average Bonchev–Trinajstić information content (AvgIpc) is 3.29. The third kappa shape index (κ3) is 5.79. The SMILES string of the molecule is CC/C=C/CCCCCc1ccccc1OCC1CO1. The smallest absolute Gasteiger partial charge is 0.122 e. The summed E-state index contributed by atoms with van der Waals surface area (Å²) in [7, 11) is 0. The van der Waals surface area contributed by atoms with Crippen LogP contribution in [0.1, 0.15) is 44.6 Å². The zero-order valence-corrected chi connectivity index (χ0v) is 12.5. The van der Waals surface area contributed by atoms with Crippen molar-refractivity contribution in [2.24, 2.45) is 0 Å². The summed E-state index contributed by atoms with van der Waals surface area (Å²) in [5.74, 6) is 1.04. The Kier molecular flexibility index (Phi) is 6.65. The topological polar surface area (TPSA) is 21.8 Å². The first-order valence-corrected chi connectivity index (χ1v) is 7.87. The monoisotopic (exact) mass is 274 g/mol. The highest BCUT2D eigenvalue weighted by atomic mass is 16.6. The quantitative estimate of drug-likeness (QED) is 0.355. The molecule has 1 aromatic rings. The fourth-order valence-corrected chi connectivity index (χ4v) is 2.24. The van der Waals surface area contributed by atoms with Crippen molar-refractivity contribution in [3.63, 3.8) is 0 Å². The van der Waals surface area contributed by atoms with Crippen LogP contribution in [0.2, 0.25) is 0 Å². The number of benzene rings is 1. The van der Waals surface area contributed by atoms with Gasteiger partial charge < -0.3 is 9.47 Å². The van der Waals surface area contributed by atoms with Crippen molar-refractivity contribution in [2.45, 2.75) is 51.6 Å². The summed E-state index contributed by atoms with van der Waals surface area (Å²) < 4.78 is 11.0. The second-order valence-electron chi connectivity index (χ2n) is 5.35. The molecule has 0 saturated carbocycles. The molecule has 0 aliphatic carbocycles. The second kappa shape index (κ2) is 8.80. The van der Waals surface area contributed by atoms with Crippen LogP contribution in [0.15, 0.2) is 36.4 Å². The molecule has 110 valence electrons. The standard InChI is InChI=1S/C18H26O2/c1-2-3-4-5-6-7-8-11-16-12-9-10-13-18(16)20-15-17-14-19-17/h3-4,9-10,12-13,17H,2,5-8,11,14-15H2,1H3/b4-3+. The van der Waals surface area contributed by atoms with Crippen LogP contribution in [0.5, 0.6) is 5.75 Å². The number of allylic oxidation sites excluding steroid dienone is 2. The largest absolute Gasteiger partial charge is 0.491 e. The van der Waals surface area contributed by atoms with E-state index in [9.17, 15) is 0 Å². The fraction of sp³-hybridized carbons (Fsp3) is 0.556. The van der Waals surface area contributed by atoms with Crippen LogP contribution in [0, 0.1) is 0 Å². The minimum absolute atomic E-state index is 0.327. The molecule has 2 rings (SSSR count). The molecule has 0 amide bonds. The predicted octanol–water partition coefficient (Wildman–Crippen LogP) is 4.53. The van der Waals surface area contributed by atoms with Crippen LogP contribution in [-0.4, -0.2) is 19.3 Å². The van der Waals surface area contributed by atoms with Gasteiger partial charge in [0.15, 0.2) is 0 Å². The second-order valence-corrected chi connectivity index (χ2v) is 5.35. The minimum atomic E-state index is 0.327. The lowest BCUT2D eigenvalue weighted by atomic mass is 10.1. The van der Waals surface area contributed by atoms with Crippen molar-refractivity contribution < 1.29 is 9.47 Å². The van der Waals surface area contributed by atoms with Crippen molar-refractivity contribution in [2.75, 3.05) is 13.2 Å². The molecule has 0 radical (unpaired) electrons. The molecule has 2 heteroatoms. The number of aryl methyl sites for hydroxylation is 1. The first-order chi connectivity index (χ1) is 9.90. The molecule has 1 fully saturated rings. The fourth-order valence-electron chi connectivity index (χ4n) is 2.24. The zero-order valence-electron chi connectivity index (χ0n) is 12.5. The van der Waals surface area contributed by atoms with Crippen molar-refractivity contribution in [1.29, 1.82) is 0 Å². The first-order valence-electron chi connectivity index (χ1n) is 7.87. The third-order valence-corrected chi connectivity index (χ3v) is 3.52. The van der Waals surface area contributed by atoms with Crippen LogP contribution < -0.4 is 4.74 Å². The van der Waals surface area contributed by atoms with Gasteiger partial charge in [0.1, 0.15) is 18.5 Å². The van der Waals surface area contributed by atoms with Gasteiger partial charge in [-0.1, -0.05) is 43.7 Å². The highest BCUT2D eigenvalue weighted by Gasteiger charge is 2.23. The number of hydrogen-bond donors (Lipinski definition) is 0. The number of ether oxygens (including phenoxy) is 2. The molecule has 1 unspecified atom stereocenters. The van der Waals surface area contributed by atoms with Gasteiger partial charge in [0.2, 0.25) is 0 Å². The molecule has 1 aliphatic heterocycles. The van der Waals surface area contributed by atoms with E-state index >= 15 is 0 Å². The van der Waals surface area contributed by atoms with E-state index in [0.717, 1.165) is 25.2 Å². The maximum Gasteiger partial charge on any atom is 0.122 e. The summed E-state index contributed by atoms with van der Waals surface area (Å²) in [4.78, 5) is 0. The van der Waals surface area contributed by atoms with Gasteiger partial charge in [0, 0.05) is 0 Å². The minimum Gasteiger partial charge on any atom is -0.491 e. The predicted molar refractivity (Wildman–Crippen MR) is 83.3 cm³/mol. The van der Waals surface area contributed by atoms with Gasteiger partial charge in [-0.25, -0.2) is 0 Å². The molecule has 1 atom stereocenters. The first kappa shape index (κ1) is 15.1. The van der Waals surface area contributed by atoms with Gasteiger partial charge in [0.05, 0.1) is 6.61 Å². The molecule has 20 heavy (non-hydrogen) atoms. The number of hydrogen-bond acceptors (Lipinski definition) is 2. The van der Waals surface area contributed by atoms with Crippen LogP contribution in [0.3, 0.4) is 0 Å². The van der Waals surface area contributed by atoms with Crippen LogP contribution in [0.4, 0.5) is 0 Å². The van der Waals surface area contributed by atoms with Crippen molar-refractivity contribution >= 4 is 0 Å². The van der Waals surface area contributed by atoms with Crippen molar-refractivity contribution in [3.05, 3.63) is 42.0 Å². The Bertz CT molecular complexity index is 408. The molecule has 0 aromatic heterocycles. The van der Waals surface area contributed by atoms with Gasteiger partial charge in [-0.2, -0.15) is 0 Å². The molecule has 0 spiro atoms. The van der Waals surface area contributed by atoms with Crippen LogP contribution in [-0.2, 0) is 11.2 Å². The number of epoxide rings is 1. The van der Waals surface area contributed by atoms with Crippen LogP contribution >= 0.6 is 0 Å². The summed E-state index contributed by atoms with van der Waals surface area (Å²) >= 11 is 0. The Morgan fingerprint density at radius 3 is 2.85 bits per heavy atom. The highest BCUT2D eigenvalue weighted by Crippen LogP contribution is 2.22. The zero-order chi connectivity index (χ0) is 14.0. The van der Waals surface area contributed by atoms with Gasteiger partial charge in [0.25, 0.3) is 0 Å². The summed E-state index contributed by atoms with van der Waals surface area (Å²) in [6.45, 7) is 3.73. The average molecular weight is 274 g/mol. The Labute approximate surface area is 122 Å². The summed E-state index contributed by atoms with van der Waals surface area (Å²) in [5, 5.41) is 0. The van der Waals surface area contributed by atoms with E-state index < -0.39 is 0 Å². The number of para-hydroxylation sites is 1. The summed E-state index contributed by atoms with van der Waals surface area (Å²) in [6.07, 6.45) is 12.2. The maximum absolute atomic E-state index is 5.84.